The van der Waals surface area contributed by atoms with E-state index in [0.717, 1.165) is 0 Å². The molecular formula is C21H21N3O6. The van der Waals surface area contributed by atoms with Crippen LogP contribution in [-0.2, 0) is 15.1 Å². The van der Waals surface area contributed by atoms with Crippen LogP contribution in [0.2, 0.25) is 0 Å². The largest absolute Gasteiger partial charge is 0.379 e. The number of hydrogen-bond donors (Lipinski definition) is 1. The highest BCUT2D eigenvalue weighted by Crippen LogP contribution is 2.43. The summed E-state index contributed by atoms with van der Waals surface area (Å²) >= 11 is 0. The van der Waals surface area contributed by atoms with E-state index in [4.69, 9.17) is 4.74 Å². The fourth-order valence-corrected chi connectivity index (χ4v) is 3.96. The van der Waals surface area contributed by atoms with Gasteiger partial charge in [-0.2, -0.15) is 0 Å². The van der Waals surface area contributed by atoms with Gasteiger partial charge in [0.15, 0.2) is 11.4 Å². The Labute approximate surface area is 172 Å². The van der Waals surface area contributed by atoms with Crippen molar-refractivity contribution >= 4 is 23.1 Å². The van der Waals surface area contributed by atoms with Gasteiger partial charge in [0.25, 0.3) is 11.6 Å². The zero-order valence-electron chi connectivity index (χ0n) is 16.2. The molecule has 0 bridgehead atoms. The molecule has 156 valence electrons. The normalized spacial score (nSPS) is 21.5. The second kappa shape index (κ2) is 7.94. The molecular weight excluding hydrogens is 390 g/mol. The van der Waals surface area contributed by atoms with E-state index in [1.54, 1.807) is 24.3 Å². The average Bonchev–Trinajstić information content (AvgIpc) is 2.96. The second-order valence-corrected chi connectivity index (χ2v) is 7.36. The number of nitrogens with zero attached hydrogens (tertiary/aromatic N) is 3. The summed E-state index contributed by atoms with van der Waals surface area (Å²) in [5.74, 6) is -1.27. The summed E-state index contributed by atoms with van der Waals surface area (Å²) in [6.07, 6.45) is -0.576. The van der Waals surface area contributed by atoms with Crippen LogP contribution in [-0.4, -0.2) is 59.6 Å². The Balaban J connectivity index is 1.65. The highest BCUT2D eigenvalue weighted by Gasteiger charge is 2.51. The van der Waals surface area contributed by atoms with Crippen LogP contribution >= 0.6 is 0 Å². The van der Waals surface area contributed by atoms with E-state index in [9.17, 15) is 24.8 Å². The lowest BCUT2D eigenvalue weighted by molar-refractivity contribution is -0.385. The molecule has 1 saturated heterocycles. The molecule has 2 aromatic carbocycles. The molecule has 1 amide bonds. The van der Waals surface area contributed by atoms with Gasteiger partial charge in [-0.25, -0.2) is 0 Å². The number of amides is 1. The van der Waals surface area contributed by atoms with Crippen LogP contribution in [0.1, 0.15) is 22.3 Å². The number of ether oxygens (including phenoxy) is 1. The third kappa shape index (κ3) is 3.47. The number of para-hydroxylation sites is 2. The van der Waals surface area contributed by atoms with Crippen molar-refractivity contribution in [1.82, 2.24) is 4.90 Å². The van der Waals surface area contributed by atoms with Crippen molar-refractivity contribution < 1.29 is 24.4 Å². The summed E-state index contributed by atoms with van der Waals surface area (Å²) in [5, 5.41) is 22.6. The molecule has 2 aromatic rings. The van der Waals surface area contributed by atoms with Crippen LogP contribution in [0.15, 0.2) is 48.5 Å². The summed E-state index contributed by atoms with van der Waals surface area (Å²) in [6, 6.07) is 12.3. The molecule has 0 spiro atoms. The van der Waals surface area contributed by atoms with Crippen LogP contribution in [0.3, 0.4) is 0 Å². The molecule has 2 heterocycles. The van der Waals surface area contributed by atoms with Gasteiger partial charge in [-0.15, -0.1) is 0 Å². The highest BCUT2D eigenvalue weighted by molar-refractivity contribution is 6.11. The lowest BCUT2D eigenvalue weighted by atomic mass is 9.88. The first-order chi connectivity index (χ1) is 14.4. The monoisotopic (exact) mass is 411 g/mol. The van der Waals surface area contributed by atoms with E-state index in [1.807, 2.05) is 4.90 Å². The third-order valence-corrected chi connectivity index (χ3v) is 5.50. The minimum atomic E-state index is -2.08. The number of hydrogen-bond acceptors (Lipinski definition) is 7. The molecule has 0 radical (unpaired) electrons. The summed E-state index contributed by atoms with van der Waals surface area (Å²) in [6.45, 7) is 2.69. The van der Waals surface area contributed by atoms with Crippen LogP contribution in [0.4, 0.5) is 11.4 Å². The minimum absolute atomic E-state index is 0.132. The standard InChI is InChI=1S/C21H21N3O6/c25-19(15-5-1-3-7-17(15)24(28)29)13-21(27)16-6-2-4-8-18(16)23(20(21)26)14-22-9-11-30-12-10-22/h1-8,27H,9-14H2/t21-/m0/s1. The number of rotatable bonds is 6. The molecule has 0 aromatic heterocycles. The van der Waals surface area contributed by atoms with Crippen molar-refractivity contribution in [3.05, 3.63) is 69.8 Å². The minimum Gasteiger partial charge on any atom is -0.379 e. The molecule has 30 heavy (non-hydrogen) atoms. The van der Waals surface area contributed by atoms with Crippen molar-refractivity contribution in [3.63, 3.8) is 0 Å². The number of nitro benzene ring substituents is 1. The summed E-state index contributed by atoms with van der Waals surface area (Å²) in [5.41, 5.74) is -1.70. The number of carbonyl (C=O) groups excluding carboxylic acids is 2. The Morgan fingerprint density at radius 2 is 1.80 bits per heavy atom. The van der Waals surface area contributed by atoms with E-state index in [0.29, 0.717) is 37.6 Å². The molecule has 2 aliphatic heterocycles. The van der Waals surface area contributed by atoms with Gasteiger partial charge in [0, 0.05) is 24.7 Å². The van der Waals surface area contributed by atoms with Crippen LogP contribution < -0.4 is 4.90 Å². The SMILES string of the molecule is O=C(C[C@@]1(O)C(=O)N(CN2CCOCC2)c2ccccc21)c1ccccc1[N+](=O)[O-]. The van der Waals surface area contributed by atoms with Crippen molar-refractivity contribution in [1.29, 1.82) is 0 Å². The fraction of sp³-hybridized carbons (Fsp3) is 0.333. The predicted octanol–water partition coefficient (Wildman–Crippen LogP) is 1.69. The van der Waals surface area contributed by atoms with Gasteiger partial charge >= 0.3 is 0 Å². The number of fused-ring (bicyclic) bond motifs is 1. The molecule has 2 aliphatic rings. The number of Topliss-reactive ketones (excluding diaryl/α,β-unsaturated/α-hetero) is 1. The predicted molar refractivity (Wildman–Crippen MR) is 107 cm³/mol. The molecule has 0 aliphatic carbocycles. The number of morpholine rings is 1. The van der Waals surface area contributed by atoms with E-state index >= 15 is 0 Å². The van der Waals surface area contributed by atoms with Crippen molar-refractivity contribution in [2.24, 2.45) is 0 Å². The smallest absolute Gasteiger partial charge is 0.280 e. The third-order valence-electron chi connectivity index (χ3n) is 5.50. The highest BCUT2D eigenvalue weighted by atomic mass is 16.6. The van der Waals surface area contributed by atoms with E-state index in [-0.39, 0.29) is 17.9 Å². The maximum Gasteiger partial charge on any atom is 0.280 e. The Kier molecular flexibility index (Phi) is 5.33. The van der Waals surface area contributed by atoms with Crippen molar-refractivity contribution in [2.75, 3.05) is 37.9 Å². The lowest BCUT2D eigenvalue weighted by Crippen LogP contribution is -2.49. The quantitative estimate of drug-likeness (QED) is 0.437. The second-order valence-electron chi connectivity index (χ2n) is 7.36. The Bertz CT molecular complexity index is 1000. The maximum atomic E-state index is 13.3. The zero-order chi connectivity index (χ0) is 21.3. The van der Waals surface area contributed by atoms with Gasteiger partial charge in [0.2, 0.25) is 0 Å². The molecule has 4 rings (SSSR count). The summed E-state index contributed by atoms with van der Waals surface area (Å²) in [7, 11) is 0. The van der Waals surface area contributed by atoms with Gasteiger partial charge in [-0.1, -0.05) is 30.3 Å². The number of benzene rings is 2. The Morgan fingerprint density at radius 3 is 2.53 bits per heavy atom. The van der Waals surface area contributed by atoms with Crippen LogP contribution in [0, 0.1) is 10.1 Å². The van der Waals surface area contributed by atoms with Crippen molar-refractivity contribution in [2.45, 2.75) is 12.0 Å². The van der Waals surface area contributed by atoms with Crippen molar-refractivity contribution in [3.8, 4) is 0 Å². The first kappa shape index (κ1) is 20.1. The van der Waals surface area contributed by atoms with Gasteiger partial charge in [0.05, 0.1) is 42.5 Å². The van der Waals surface area contributed by atoms with E-state index in [2.05, 4.69) is 0 Å². The summed E-state index contributed by atoms with van der Waals surface area (Å²) < 4.78 is 5.34. The van der Waals surface area contributed by atoms with Gasteiger partial charge in [0.1, 0.15) is 0 Å². The number of nitro groups is 1. The maximum absolute atomic E-state index is 13.3. The Hall–Kier alpha value is -3.14. The summed E-state index contributed by atoms with van der Waals surface area (Å²) in [4.78, 5) is 40.3. The van der Waals surface area contributed by atoms with Gasteiger partial charge < -0.3 is 9.84 Å². The molecule has 1 fully saturated rings. The number of ketones is 1. The number of aliphatic hydroxyl groups is 1. The molecule has 1 atom stereocenters. The zero-order valence-corrected chi connectivity index (χ0v) is 16.2. The van der Waals surface area contributed by atoms with Gasteiger partial charge in [-0.3, -0.25) is 29.5 Å². The topological polar surface area (TPSA) is 113 Å². The van der Waals surface area contributed by atoms with E-state index in [1.165, 1.54) is 29.2 Å². The first-order valence-electron chi connectivity index (χ1n) is 9.62. The van der Waals surface area contributed by atoms with E-state index < -0.39 is 28.6 Å². The van der Waals surface area contributed by atoms with Gasteiger partial charge in [-0.05, 0) is 12.1 Å². The number of anilines is 1. The molecule has 0 unspecified atom stereocenters. The average molecular weight is 411 g/mol. The molecule has 0 saturated carbocycles. The fourth-order valence-electron chi connectivity index (χ4n) is 3.96. The van der Waals surface area contributed by atoms with Crippen LogP contribution in [0.25, 0.3) is 0 Å². The molecule has 9 heteroatoms. The van der Waals surface area contributed by atoms with Crippen LogP contribution in [0.5, 0.6) is 0 Å². The first-order valence-corrected chi connectivity index (χ1v) is 9.62. The molecule has 1 N–H and O–H groups in total. The lowest BCUT2D eigenvalue weighted by Gasteiger charge is -2.31. The molecule has 9 nitrogen and oxygen atoms in total. The number of carbonyl (C=O) groups is 2. The Morgan fingerprint density at radius 1 is 1.13 bits per heavy atom.